The Morgan fingerprint density at radius 1 is 0.245 bits per heavy atom. The van der Waals surface area contributed by atoms with Crippen LogP contribution in [0.25, 0.3) is 87.6 Å². The Morgan fingerprint density at radius 2 is 0.642 bits per heavy atom. The molecule has 1 spiro atoms. The summed E-state index contributed by atoms with van der Waals surface area (Å²) >= 11 is 0. The van der Waals surface area contributed by atoms with Crippen molar-refractivity contribution in [1.29, 1.82) is 0 Å². The predicted molar refractivity (Wildman–Crippen MR) is 224 cm³/mol. The molecule has 0 saturated carbocycles. The van der Waals surface area contributed by atoms with Crippen molar-refractivity contribution in [2.45, 2.75) is 5.41 Å². The summed E-state index contributed by atoms with van der Waals surface area (Å²) in [7, 11) is 0. The third kappa shape index (κ3) is 3.65. The topological polar surface area (TPSA) is 0 Å². The molecule has 0 amide bonds. The molecule has 0 heterocycles. The van der Waals surface area contributed by atoms with Gasteiger partial charge in [-0.3, -0.25) is 0 Å². The van der Waals surface area contributed by atoms with Gasteiger partial charge in [-0.15, -0.1) is 0 Å². The molecule has 10 aromatic carbocycles. The minimum absolute atomic E-state index is 0.441. The summed E-state index contributed by atoms with van der Waals surface area (Å²) in [6.45, 7) is 0. The zero-order valence-corrected chi connectivity index (χ0v) is 29.0. The highest BCUT2D eigenvalue weighted by Gasteiger charge is 2.53. The van der Waals surface area contributed by atoms with Crippen molar-refractivity contribution in [2.75, 3.05) is 0 Å². The second-order valence-electron chi connectivity index (χ2n) is 14.6. The molecule has 0 N–H and O–H groups in total. The Hall–Kier alpha value is -6.76. The van der Waals surface area contributed by atoms with E-state index < -0.39 is 5.41 Å². The molecule has 0 aromatic heterocycles. The SMILES string of the molecule is c1ccc2c(c1)-c1ccccc1C21c2ccccc2-c2c(-c3c4ccccc4c(-c4cccc5ccccc45)c4ccccc34)cc3ccccc3c21. The monoisotopic (exact) mass is 668 g/mol. The van der Waals surface area contributed by atoms with Gasteiger partial charge in [0.05, 0.1) is 5.41 Å². The molecule has 0 bridgehead atoms. The first-order valence-corrected chi connectivity index (χ1v) is 18.6. The average molecular weight is 669 g/mol. The number of benzene rings is 10. The fourth-order valence-corrected chi connectivity index (χ4v) is 10.3. The van der Waals surface area contributed by atoms with Gasteiger partial charge in [0, 0.05) is 0 Å². The van der Waals surface area contributed by atoms with Gasteiger partial charge in [-0.05, 0) is 116 Å². The van der Waals surface area contributed by atoms with Crippen LogP contribution in [-0.2, 0) is 5.41 Å². The summed E-state index contributed by atoms with van der Waals surface area (Å²) in [4.78, 5) is 0. The van der Waals surface area contributed by atoms with Gasteiger partial charge in [0.15, 0.2) is 0 Å². The smallest absolute Gasteiger partial charge is 0.0619 e. The van der Waals surface area contributed by atoms with Crippen LogP contribution in [0.5, 0.6) is 0 Å². The Bertz CT molecular complexity index is 3070. The Balaban J connectivity index is 1.29. The molecule has 0 fully saturated rings. The fraction of sp³-hybridized carbons (Fsp3) is 0.0189. The summed E-state index contributed by atoms with van der Waals surface area (Å²) in [6, 6.07) is 72.8. The van der Waals surface area contributed by atoms with Crippen molar-refractivity contribution in [2.24, 2.45) is 0 Å². The van der Waals surface area contributed by atoms with Crippen LogP contribution in [0.3, 0.4) is 0 Å². The molecular formula is C53H32. The summed E-state index contributed by atoms with van der Waals surface area (Å²) in [5.74, 6) is 0. The third-order valence-electron chi connectivity index (χ3n) is 12.2. The summed E-state index contributed by atoms with van der Waals surface area (Å²) < 4.78 is 0. The van der Waals surface area contributed by atoms with Gasteiger partial charge in [0.1, 0.15) is 0 Å². The van der Waals surface area contributed by atoms with Crippen LogP contribution in [0.4, 0.5) is 0 Å². The van der Waals surface area contributed by atoms with Crippen LogP contribution in [-0.4, -0.2) is 0 Å². The van der Waals surface area contributed by atoms with Gasteiger partial charge in [-0.1, -0.05) is 188 Å². The molecule has 0 saturated heterocycles. The van der Waals surface area contributed by atoms with Crippen molar-refractivity contribution in [3.63, 3.8) is 0 Å². The van der Waals surface area contributed by atoms with Crippen LogP contribution in [0.2, 0.25) is 0 Å². The lowest BCUT2D eigenvalue weighted by Gasteiger charge is -2.32. The van der Waals surface area contributed by atoms with Gasteiger partial charge >= 0.3 is 0 Å². The molecule has 10 aromatic rings. The van der Waals surface area contributed by atoms with E-state index in [2.05, 4.69) is 194 Å². The first kappa shape index (κ1) is 28.9. The Labute approximate surface area is 308 Å². The first-order chi connectivity index (χ1) is 26.3. The van der Waals surface area contributed by atoms with Crippen LogP contribution >= 0.6 is 0 Å². The molecule has 0 heteroatoms. The lowest BCUT2D eigenvalue weighted by atomic mass is 9.69. The van der Waals surface area contributed by atoms with Crippen molar-refractivity contribution >= 4 is 43.1 Å². The summed E-state index contributed by atoms with van der Waals surface area (Å²) in [5, 5.41) is 10.2. The second-order valence-corrected chi connectivity index (χ2v) is 14.6. The number of fused-ring (bicyclic) bond motifs is 15. The van der Waals surface area contributed by atoms with E-state index in [0.29, 0.717) is 0 Å². The largest absolute Gasteiger partial charge is 0.0731 e. The maximum absolute atomic E-state index is 2.49. The van der Waals surface area contributed by atoms with E-state index in [1.165, 1.54) is 110 Å². The first-order valence-electron chi connectivity index (χ1n) is 18.6. The van der Waals surface area contributed by atoms with Gasteiger partial charge in [-0.2, -0.15) is 0 Å². The highest BCUT2D eigenvalue weighted by atomic mass is 14.5. The quantitative estimate of drug-likeness (QED) is 0.161. The number of hydrogen-bond acceptors (Lipinski definition) is 0. The normalized spacial score (nSPS) is 13.4. The third-order valence-corrected chi connectivity index (χ3v) is 12.2. The van der Waals surface area contributed by atoms with E-state index in [4.69, 9.17) is 0 Å². The highest BCUT2D eigenvalue weighted by molar-refractivity contribution is 6.25. The number of hydrogen-bond donors (Lipinski definition) is 0. The Morgan fingerprint density at radius 3 is 1.25 bits per heavy atom. The van der Waals surface area contributed by atoms with Crippen LogP contribution < -0.4 is 0 Å². The van der Waals surface area contributed by atoms with E-state index >= 15 is 0 Å². The zero-order valence-electron chi connectivity index (χ0n) is 29.0. The van der Waals surface area contributed by atoms with Crippen molar-refractivity contribution < 1.29 is 0 Å². The molecule has 0 radical (unpaired) electrons. The average Bonchev–Trinajstić information content (AvgIpc) is 3.71. The molecule has 2 aliphatic rings. The van der Waals surface area contributed by atoms with Crippen LogP contribution in [0.1, 0.15) is 22.3 Å². The van der Waals surface area contributed by atoms with Gasteiger partial charge in [0.2, 0.25) is 0 Å². The maximum Gasteiger partial charge on any atom is 0.0731 e. The fourth-order valence-electron chi connectivity index (χ4n) is 10.3. The van der Waals surface area contributed by atoms with E-state index in [1.807, 2.05) is 0 Å². The molecule has 12 rings (SSSR count). The lowest BCUT2D eigenvalue weighted by Crippen LogP contribution is -2.26. The molecule has 2 aliphatic carbocycles. The molecular weight excluding hydrogens is 637 g/mol. The van der Waals surface area contributed by atoms with E-state index in [0.717, 1.165) is 0 Å². The molecule has 0 nitrogen and oxygen atoms in total. The summed E-state index contributed by atoms with van der Waals surface area (Å²) in [5.41, 5.74) is 15.6. The summed E-state index contributed by atoms with van der Waals surface area (Å²) in [6.07, 6.45) is 0. The predicted octanol–water partition coefficient (Wildman–Crippen LogP) is 14.0. The maximum atomic E-state index is 2.49. The van der Waals surface area contributed by atoms with Gasteiger partial charge in [0.25, 0.3) is 0 Å². The van der Waals surface area contributed by atoms with Crippen LogP contribution in [0, 0.1) is 0 Å². The second kappa shape index (κ2) is 10.6. The Kier molecular flexibility index (Phi) is 5.80. The molecule has 0 unspecified atom stereocenters. The number of rotatable bonds is 2. The van der Waals surface area contributed by atoms with E-state index in [9.17, 15) is 0 Å². The van der Waals surface area contributed by atoms with Crippen molar-refractivity contribution in [3.05, 3.63) is 216 Å². The molecule has 53 heavy (non-hydrogen) atoms. The van der Waals surface area contributed by atoms with Crippen molar-refractivity contribution in [3.8, 4) is 44.5 Å². The van der Waals surface area contributed by atoms with Gasteiger partial charge in [-0.25, -0.2) is 0 Å². The van der Waals surface area contributed by atoms with Gasteiger partial charge < -0.3 is 0 Å². The standard InChI is InChI=1S/C53H32/c1-3-19-35-33(16-1)18-15-28-39(35)49-40-23-5-7-25-42(40)50(43-26-8-6-24-41(43)49)45-32-34-17-2-4-20-36(34)52-51(45)44-27-11-14-31-48(44)53(52)46-29-12-9-21-37(46)38-22-10-13-30-47(38)53/h1-32H. The zero-order chi connectivity index (χ0) is 34.7. The highest BCUT2D eigenvalue weighted by Crippen LogP contribution is 2.66. The van der Waals surface area contributed by atoms with E-state index in [1.54, 1.807) is 0 Å². The molecule has 0 atom stereocenters. The van der Waals surface area contributed by atoms with Crippen molar-refractivity contribution in [1.82, 2.24) is 0 Å². The van der Waals surface area contributed by atoms with E-state index in [-0.39, 0.29) is 0 Å². The minimum atomic E-state index is -0.441. The lowest BCUT2D eigenvalue weighted by molar-refractivity contribution is 0.801. The molecule has 244 valence electrons. The minimum Gasteiger partial charge on any atom is -0.0619 e. The van der Waals surface area contributed by atoms with Crippen LogP contribution in [0.15, 0.2) is 194 Å². The molecule has 0 aliphatic heterocycles.